The highest BCUT2D eigenvalue weighted by atomic mass is 16.5. The largest absolute Gasteiger partial charge is 0.459 e. The number of hydrogen-bond donors (Lipinski definition) is 0. The van der Waals surface area contributed by atoms with Crippen LogP contribution in [0.25, 0.3) is 0 Å². The number of urea groups is 1. The molecule has 1 unspecified atom stereocenters. The molecule has 0 N–H and O–H groups in total. The van der Waals surface area contributed by atoms with Crippen molar-refractivity contribution in [3.63, 3.8) is 0 Å². The minimum atomic E-state index is -0.450. The van der Waals surface area contributed by atoms with E-state index in [2.05, 4.69) is 0 Å². The SMILES string of the molecule is CN(C)C(=O)N1CCCC1C(=O)OCc1ccccc1. The molecule has 1 aromatic rings. The van der Waals surface area contributed by atoms with Crippen molar-refractivity contribution in [3.8, 4) is 0 Å². The van der Waals surface area contributed by atoms with E-state index in [4.69, 9.17) is 4.74 Å². The molecule has 0 radical (unpaired) electrons. The summed E-state index contributed by atoms with van der Waals surface area (Å²) < 4.78 is 5.32. The highest BCUT2D eigenvalue weighted by Gasteiger charge is 2.35. The van der Waals surface area contributed by atoms with Gasteiger partial charge in [-0.1, -0.05) is 30.3 Å². The summed E-state index contributed by atoms with van der Waals surface area (Å²) in [6.07, 6.45) is 1.51. The van der Waals surface area contributed by atoms with Crippen molar-refractivity contribution >= 4 is 12.0 Å². The summed E-state index contributed by atoms with van der Waals surface area (Å²) in [5.74, 6) is -0.318. The Hall–Kier alpha value is -2.04. The molecular formula is C15H20N2O3. The predicted molar refractivity (Wildman–Crippen MR) is 75.0 cm³/mol. The van der Waals surface area contributed by atoms with E-state index in [0.717, 1.165) is 12.0 Å². The third-order valence-electron chi connectivity index (χ3n) is 3.38. The molecule has 1 aliphatic heterocycles. The van der Waals surface area contributed by atoms with Crippen molar-refractivity contribution < 1.29 is 14.3 Å². The molecule has 108 valence electrons. The first-order valence-corrected chi connectivity index (χ1v) is 6.78. The number of esters is 1. The number of rotatable bonds is 3. The summed E-state index contributed by atoms with van der Waals surface area (Å²) in [6, 6.07) is 8.95. The van der Waals surface area contributed by atoms with Crippen molar-refractivity contribution in [1.29, 1.82) is 0 Å². The summed E-state index contributed by atoms with van der Waals surface area (Å²) in [4.78, 5) is 27.2. The first-order chi connectivity index (χ1) is 9.59. The lowest BCUT2D eigenvalue weighted by molar-refractivity contribution is -0.149. The molecule has 20 heavy (non-hydrogen) atoms. The molecule has 0 bridgehead atoms. The average Bonchev–Trinajstić information content (AvgIpc) is 2.94. The lowest BCUT2D eigenvalue weighted by Gasteiger charge is -2.26. The number of amides is 2. The van der Waals surface area contributed by atoms with Gasteiger partial charge in [0.05, 0.1) is 0 Å². The molecule has 5 nitrogen and oxygen atoms in total. The van der Waals surface area contributed by atoms with Gasteiger partial charge in [-0.15, -0.1) is 0 Å². The number of carbonyl (C=O) groups excluding carboxylic acids is 2. The van der Waals surface area contributed by atoms with Crippen molar-refractivity contribution in [3.05, 3.63) is 35.9 Å². The highest BCUT2D eigenvalue weighted by Crippen LogP contribution is 2.20. The minimum Gasteiger partial charge on any atom is -0.459 e. The number of benzene rings is 1. The monoisotopic (exact) mass is 276 g/mol. The van der Waals surface area contributed by atoms with E-state index in [0.29, 0.717) is 13.0 Å². The molecule has 5 heteroatoms. The number of likely N-dealkylation sites (tertiary alicyclic amines) is 1. The van der Waals surface area contributed by atoms with Crippen LogP contribution in [0, 0.1) is 0 Å². The molecule has 2 rings (SSSR count). The van der Waals surface area contributed by atoms with Crippen LogP contribution in [0.2, 0.25) is 0 Å². The van der Waals surface area contributed by atoms with Crippen molar-refractivity contribution in [2.75, 3.05) is 20.6 Å². The van der Waals surface area contributed by atoms with Gasteiger partial charge in [0.15, 0.2) is 0 Å². The zero-order valence-corrected chi connectivity index (χ0v) is 11.9. The van der Waals surface area contributed by atoms with Crippen LogP contribution >= 0.6 is 0 Å². The normalized spacial score (nSPS) is 17.9. The molecule has 1 saturated heterocycles. The Morgan fingerprint density at radius 3 is 2.65 bits per heavy atom. The fraction of sp³-hybridized carbons (Fsp3) is 0.467. The van der Waals surface area contributed by atoms with Crippen molar-refractivity contribution in [1.82, 2.24) is 9.80 Å². The molecule has 1 aromatic carbocycles. The molecule has 1 fully saturated rings. The van der Waals surface area contributed by atoms with Gasteiger partial charge in [0.1, 0.15) is 12.6 Å². The van der Waals surface area contributed by atoms with Gasteiger partial charge in [0.2, 0.25) is 0 Å². The van der Waals surface area contributed by atoms with E-state index >= 15 is 0 Å². The van der Waals surface area contributed by atoms with Crippen LogP contribution in [0.5, 0.6) is 0 Å². The van der Waals surface area contributed by atoms with E-state index in [1.807, 2.05) is 30.3 Å². The van der Waals surface area contributed by atoms with Gasteiger partial charge in [-0.2, -0.15) is 0 Å². The van der Waals surface area contributed by atoms with Crippen LogP contribution in [0.3, 0.4) is 0 Å². The van der Waals surface area contributed by atoms with E-state index in [1.165, 1.54) is 4.90 Å². The second kappa shape index (κ2) is 6.41. The third-order valence-corrected chi connectivity index (χ3v) is 3.38. The van der Waals surface area contributed by atoms with Gasteiger partial charge >= 0.3 is 12.0 Å². The Bertz CT molecular complexity index is 473. The fourth-order valence-electron chi connectivity index (χ4n) is 2.32. The molecule has 1 atom stereocenters. The molecule has 1 aliphatic rings. The first kappa shape index (κ1) is 14.4. The molecule has 0 aliphatic carbocycles. The maximum atomic E-state index is 12.1. The van der Waals surface area contributed by atoms with E-state index < -0.39 is 6.04 Å². The zero-order valence-electron chi connectivity index (χ0n) is 11.9. The smallest absolute Gasteiger partial charge is 0.329 e. The van der Waals surface area contributed by atoms with Crippen LogP contribution in [0.1, 0.15) is 18.4 Å². The Balaban J connectivity index is 1.93. The van der Waals surface area contributed by atoms with Gasteiger partial charge in [0, 0.05) is 20.6 Å². The van der Waals surface area contributed by atoms with Gasteiger partial charge in [-0.05, 0) is 18.4 Å². The lowest BCUT2D eigenvalue weighted by atomic mass is 10.2. The van der Waals surface area contributed by atoms with Crippen LogP contribution in [-0.2, 0) is 16.1 Å². The molecule has 0 saturated carbocycles. The predicted octanol–water partition coefficient (Wildman–Crippen LogP) is 1.88. The summed E-state index contributed by atoms with van der Waals surface area (Å²) >= 11 is 0. The van der Waals surface area contributed by atoms with E-state index in [1.54, 1.807) is 19.0 Å². The molecule has 1 heterocycles. The second-order valence-corrected chi connectivity index (χ2v) is 5.12. The fourth-order valence-corrected chi connectivity index (χ4v) is 2.32. The minimum absolute atomic E-state index is 0.135. The molecular weight excluding hydrogens is 256 g/mol. The van der Waals surface area contributed by atoms with Crippen LogP contribution in [0.15, 0.2) is 30.3 Å². The molecule has 2 amide bonds. The number of ether oxygens (including phenoxy) is 1. The summed E-state index contributed by atoms with van der Waals surface area (Å²) in [5, 5.41) is 0. The van der Waals surface area contributed by atoms with Crippen LogP contribution < -0.4 is 0 Å². The Kier molecular flexibility index (Phi) is 4.61. The third kappa shape index (κ3) is 3.29. The Labute approximate surface area is 119 Å². The Morgan fingerprint density at radius 2 is 2.00 bits per heavy atom. The highest BCUT2D eigenvalue weighted by molar-refractivity contribution is 5.84. The second-order valence-electron chi connectivity index (χ2n) is 5.12. The summed E-state index contributed by atoms with van der Waals surface area (Å²) in [6.45, 7) is 0.863. The van der Waals surface area contributed by atoms with Crippen molar-refractivity contribution in [2.24, 2.45) is 0 Å². The quantitative estimate of drug-likeness (QED) is 0.792. The maximum absolute atomic E-state index is 12.1. The molecule has 0 spiro atoms. The van der Waals surface area contributed by atoms with Gasteiger partial charge in [0.25, 0.3) is 0 Å². The summed E-state index contributed by atoms with van der Waals surface area (Å²) in [5.41, 5.74) is 0.948. The van der Waals surface area contributed by atoms with E-state index in [9.17, 15) is 9.59 Å². The first-order valence-electron chi connectivity index (χ1n) is 6.78. The van der Waals surface area contributed by atoms with E-state index in [-0.39, 0.29) is 18.6 Å². The number of hydrogen-bond acceptors (Lipinski definition) is 3. The topological polar surface area (TPSA) is 49.9 Å². The maximum Gasteiger partial charge on any atom is 0.329 e. The standard InChI is InChI=1S/C15H20N2O3/c1-16(2)15(19)17-10-6-9-13(17)14(18)20-11-12-7-4-3-5-8-12/h3-5,7-8,13H,6,9-11H2,1-2H3. The average molecular weight is 276 g/mol. The van der Waals surface area contributed by atoms with Gasteiger partial charge in [-0.3, -0.25) is 0 Å². The zero-order chi connectivity index (χ0) is 14.5. The lowest BCUT2D eigenvalue weighted by Crippen LogP contribution is -2.46. The molecule has 0 aromatic heterocycles. The number of nitrogens with zero attached hydrogens (tertiary/aromatic N) is 2. The van der Waals surface area contributed by atoms with Gasteiger partial charge < -0.3 is 14.5 Å². The van der Waals surface area contributed by atoms with Crippen LogP contribution in [0.4, 0.5) is 4.79 Å². The Morgan fingerprint density at radius 1 is 1.30 bits per heavy atom. The number of carbonyl (C=O) groups is 2. The summed E-state index contributed by atoms with van der Waals surface area (Å²) in [7, 11) is 3.38. The van der Waals surface area contributed by atoms with Crippen LogP contribution in [-0.4, -0.2) is 48.5 Å². The van der Waals surface area contributed by atoms with Gasteiger partial charge in [-0.25, -0.2) is 9.59 Å². The van der Waals surface area contributed by atoms with Crippen molar-refractivity contribution in [2.45, 2.75) is 25.5 Å².